The number of hydrogen-bond donors (Lipinski definition) is 1. The Morgan fingerprint density at radius 1 is 1.06 bits per heavy atom. The molecule has 5 rings (SSSR count). The van der Waals surface area contributed by atoms with Crippen LogP contribution in [0.3, 0.4) is 0 Å². The second-order valence-corrected chi connectivity index (χ2v) is 8.22. The molecule has 1 saturated heterocycles. The second kappa shape index (κ2) is 9.32. The summed E-state index contributed by atoms with van der Waals surface area (Å²) in [6, 6.07) is 16.2. The molecule has 0 bridgehead atoms. The van der Waals surface area contributed by atoms with Gasteiger partial charge in [0.1, 0.15) is 24.3 Å². The molecule has 0 radical (unpaired) electrons. The molecule has 2 aromatic carbocycles. The van der Waals surface area contributed by atoms with Gasteiger partial charge in [0.25, 0.3) is 5.91 Å². The third-order valence-corrected chi connectivity index (χ3v) is 5.88. The van der Waals surface area contributed by atoms with Gasteiger partial charge in [0.15, 0.2) is 6.10 Å². The predicted molar refractivity (Wildman–Crippen MR) is 121 cm³/mol. The van der Waals surface area contributed by atoms with Gasteiger partial charge in [-0.15, -0.1) is 0 Å². The standard InChI is InChI=1S/C26H24N2O5/c29-24-23(33-26(30)28-24)7-3-4-17-8-12-22(13-9-17)31-15-21-16-32-25(27-21)20-11-10-18-5-1-2-6-19(18)14-20/h1-2,5-6,8-9,12-14,16,23H,3-4,7,10-11,15H2,(H,28,29,30). The predicted octanol–water partition coefficient (Wildman–Crippen LogP) is 4.70. The highest BCUT2D eigenvalue weighted by Gasteiger charge is 2.31. The average molecular weight is 444 g/mol. The molecule has 1 aromatic heterocycles. The molecule has 1 N–H and O–H groups in total. The molecule has 168 valence electrons. The van der Waals surface area contributed by atoms with E-state index in [1.54, 1.807) is 6.26 Å². The summed E-state index contributed by atoms with van der Waals surface area (Å²) in [6.45, 7) is 0.328. The maximum absolute atomic E-state index is 11.5. The number of carbonyl (C=O) groups excluding carboxylic acids is 2. The summed E-state index contributed by atoms with van der Waals surface area (Å²) >= 11 is 0. The Morgan fingerprint density at radius 2 is 1.91 bits per heavy atom. The first-order valence-electron chi connectivity index (χ1n) is 11.1. The normalized spacial score (nSPS) is 17.2. The van der Waals surface area contributed by atoms with Crippen LogP contribution < -0.4 is 10.1 Å². The zero-order valence-corrected chi connectivity index (χ0v) is 18.1. The van der Waals surface area contributed by atoms with Crippen LogP contribution in [-0.2, 0) is 29.0 Å². The van der Waals surface area contributed by atoms with E-state index in [0.29, 0.717) is 18.9 Å². The van der Waals surface area contributed by atoms with Gasteiger partial charge < -0.3 is 13.9 Å². The number of rotatable bonds is 8. The Morgan fingerprint density at radius 3 is 2.73 bits per heavy atom. The van der Waals surface area contributed by atoms with Gasteiger partial charge in [-0.05, 0) is 67.0 Å². The summed E-state index contributed by atoms with van der Waals surface area (Å²) in [5.41, 5.74) is 5.56. The zero-order valence-electron chi connectivity index (χ0n) is 18.1. The Labute approximate surface area is 191 Å². The van der Waals surface area contributed by atoms with Crippen LogP contribution in [0.15, 0.2) is 59.2 Å². The number of aromatic nitrogens is 1. The van der Waals surface area contributed by atoms with E-state index < -0.39 is 12.2 Å². The summed E-state index contributed by atoms with van der Waals surface area (Å²) in [5, 5.41) is 2.14. The molecule has 0 saturated carbocycles. The maximum Gasteiger partial charge on any atom is 0.414 e. The Bertz CT molecular complexity index is 1200. The summed E-state index contributed by atoms with van der Waals surface area (Å²) in [6.07, 6.45) is 6.40. The van der Waals surface area contributed by atoms with Crippen molar-refractivity contribution < 1.29 is 23.5 Å². The number of hydrogen-bond acceptors (Lipinski definition) is 6. The number of amides is 2. The number of carbonyl (C=O) groups is 2. The number of imide groups is 1. The van der Waals surface area contributed by atoms with E-state index in [4.69, 9.17) is 13.9 Å². The Balaban J connectivity index is 1.11. The van der Waals surface area contributed by atoms with Gasteiger partial charge >= 0.3 is 6.09 Å². The molecule has 7 nitrogen and oxygen atoms in total. The summed E-state index contributed by atoms with van der Waals surface area (Å²) < 4.78 is 16.5. The quantitative estimate of drug-likeness (QED) is 0.542. The van der Waals surface area contributed by atoms with E-state index >= 15 is 0 Å². The van der Waals surface area contributed by atoms with Crippen LogP contribution in [0, 0.1) is 0 Å². The van der Waals surface area contributed by atoms with Crippen LogP contribution in [-0.4, -0.2) is 23.1 Å². The van der Waals surface area contributed by atoms with Crippen molar-refractivity contribution in [2.45, 2.75) is 44.8 Å². The van der Waals surface area contributed by atoms with E-state index in [9.17, 15) is 9.59 Å². The molecule has 3 aromatic rings. The highest BCUT2D eigenvalue weighted by atomic mass is 16.6. The van der Waals surface area contributed by atoms with Gasteiger partial charge in [0.05, 0.1) is 0 Å². The number of alkyl carbamates (subject to hydrolysis) is 1. The van der Waals surface area contributed by atoms with E-state index in [1.165, 1.54) is 11.1 Å². The molecular formula is C26H24N2O5. The zero-order chi connectivity index (χ0) is 22.6. The lowest BCUT2D eigenvalue weighted by molar-refractivity contribution is -0.123. The minimum atomic E-state index is -0.674. The fraction of sp³-hybridized carbons (Fsp3) is 0.269. The van der Waals surface area contributed by atoms with Crippen molar-refractivity contribution in [2.24, 2.45) is 0 Å². The molecular weight excluding hydrogens is 420 g/mol. The number of aryl methyl sites for hydroxylation is 2. The second-order valence-electron chi connectivity index (χ2n) is 8.22. The molecule has 2 aliphatic rings. The lowest BCUT2D eigenvalue weighted by Gasteiger charge is -2.13. The van der Waals surface area contributed by atoms with Crippen molar-refractivity contribution in [1.29, 1.82) is 0 Å². The average Bonchev–Trinajstić information content (AvgIpc) is 3.44. The lowest BCUT2D eigenvalue weighted by atomic mass is 9.92. The van der Waals surface area contributed by atoms with E-state index in [2.05, 4.69) is 34.6 Å². The van der Waals surface area contributed by atoms with Crippen LogP contribution in [0.25, 0.3) is 11.6 Å². The molecule has 1 atom stereocenters. The minimum absolute atomic E-state index is 0.328. The maximum atomic E-state index is 11.5. The lowest BCUT2D eigenvalue weighted by Crippen LogP contribution is -2.24. The Kier molecular flexibility index (Phi) is 5.93. The number of ether oxygens (including phenoxy) is 2. The molecule has 7 heteroatoms. The number of nitrogens with zero attached hydrogens (tertiary/aromatic N) is 1. The van der Waals surface area contributed by atoms with Crippen molar-refractivity contribution in [1.82, 2.24) is 10.3 Å². The van der Waals surface area contributed by atoms with Crippen molar-refractivity contribution >= 4 is 23.6 Å². The fourth-order valence-electron chi connectivity index (χ4n) is 4.11. The molecule has 1 fully saturated rings. The summed E-state index contributed by atoms with van der Waals surface area (Å²) in [4.78, 5) is 27.2. The third-order valence-electron chi connectivity index (χ3n) is 5.88. The van der Waals surface area contributed by atoms with Crippen molar-refractivity contribution in [2.75, 3.05) is 0 Å². The van der Waals surface area contributed by atoms with E-state index in [-0.39, 0.29) is 5.91 Å². The molecule has 2 heterocycles. The smallest absolute Gasteiger partial charge is 0.414 e. The molecule has 1 aliphatic heterocycles. The van der Waals surface area contributed by atoms with Crippen molar-refractivity contribution in [3.05, 3.63) is 83.1 Å². The SMILES string of the molecule is O=C1NC(=O)C(CCCc2ccc(OCc3coc(C4=Cc5ccccc5CC4)n3)cc2)O1. The largest absolute Gasteiger partial charge is 0.487 e. The molecule has 2 amide bonds. The van der Waals surface area contributed by atoms with E-state index in [0.717, 1.165) is 48.3 Å². The molecule has 1 aliphatic carbocycles. The highest BCUT2D eigenvalue weighted by Crippen LogP contribution is 2.30. The van der Waals surface area contributed by atoms with Crippen LogP contribution in [0.2, 0.25) is 0 Å². The number of cyclic esters (lactones) is 1. The number of fused-ring (bicyclic) bond motifs is 1. The Hall–Kier alpha value is -3.87. The van der Waals surface area contributed by atoms with Crippen molar-refractivity contribution in [3.8, 4) is 5.75 Å². The van der Waals surface area contributed by atoms with Gasteiger partial charge in [-0.3, -0.25) is 10.1 Å². The minimum Gasteiger partial charge on any atom is -0.487 e. The number of allylic oxidation sites excluding steroid dienone is 1. The number of benzene rings is 2. The van der Waals surface area contributed by atoms with Crippen molar-refractivity contribution in [3.63, 3.8) is 0 Å². The molecule has 0 spiro atoms. The third kappa shape index (κ3) is 4.98. The van der Waals surface area contributed by atoms with Crippen LogP contribution >= 0.6 is 0 Å². The fourth-order valence-corrected chi connectivity index (χ4v) is 4.11. The first-order chi connectivity index (χ1) is 16.1. The summed E-state index contributed by atoms with van der Waals surface area (Å²) in [5.74, 6) is 1.04. The van der Waals surface area contributed by atoms with Gasteiger partial charge in [-0.1, -0.05) is 36.4 Å². The molecule has 33 heavy (non-hydrogen) atoms. The van der Waals surface area contributed by atoms with Gasteiger partial charge in [0.2, 0.25) is 5.89 Å². The van der Waals surface area contributed by atoms with Crippen LogP contribution in [0.5, 0.6) is 5.75 Å². The van der Waals surface area contributed by atoms with Gasteiger partial charge in [-0.25, -0.2) is 9.78 Å². The highest BCUT2D eigenvalue weighted by molar-refractivity contribution is 5.99. The first-order valence-corrected chi connectivity index (χ1v) is 11.1. The van der Waals surface area contributed by atoms with Crippen LogP contribution in [0.1, 0.15) is 47.5 Å². The monoisotopic (exact) mass is 444 g/mol. The number of nitrogens with one attached hydrogen (secondary N) is 1. The van der Waals surface area contributed by atoms with Gasteiger partial charge in [0, 0.05) is 5.57 Å². The van der Waals surface area contributed by atoms with E-state index in [1.807, 2.05) is 30.3 Å². The van der Waals surface area contributed by atoms with Crippen LogP contribution in [0.4, 0.5) is 4.79 Å². The summed E-state index contributed by atoms with van der Waals surface area (Å²) in [7, 11) is 0. The molecule has 1 unspecified atom stereocenters. The topological polar surface area (TPSA) is 90.7 Å². The first kappa shape index (κ1) is 21.0. The van der Waals surface area contributed by atoms with Gasteiger partial charge in [-0.2, -0.15) is 0 Å². The number of oxazole rings is 1.